The van der Waals surface area contributed by atoms with Crippen molar-refractivity contribution in [2.24, 2.45) is 0 Å². The molecule has 2 aromatic carbocycles. The van der Waals surface area contributed by atoms with Gasteiger partial charge in [-0.1, -0.05) is 25.8 Å². The molecule has 6 heterocycles. The van der Waals surface area contributed by atoms with Gasteiger partial charge in [0.25, 0.3) is 0 Å². The van der Waals surface area contributed by atoms with Crippen molar-refractivity contribution in [3.05, 3.63) is 47.2 Å². The smallest absolute Gasteiger partial charge is 0.319 e. The van der Waals surface area contributed by atoms with Crippen LogP contribution in [0.4, 0.5) is 14.6 Å². The summed E-state index contributed by atoms with van der Waals surface area (Å²) in [5.41, 5.74) is 0.932. The van der Waals surface area contributed by atoms with Crippen molar-refractivity contribution >= 4 is 27.5 Å². The summed E-state index contributed by atoms with van der Waals surface area (Å²) in [4.78, 5) is 19.2. The summed E-state index contributed by atoms with van der Waals surface area (Å²) in [6, 6.07) is 5.95. The zero-order chi connectivity index (χ0) is 31.3. The van der Waals surface area contributed by atoms with Crippen molar-refractivity contribution in [2.75, 3.05) is 44.2 Å². The fourth-order valence-corrected chi connectivity index (χ4v) is 7.85. The van der Waals surface area contributed by atoms with Crippen LogP contribution in [0.1, 0.15) is 57.2 Å². The number of ether oxygens (including phenoxy) is 1. The molecule has 0 unspecified atom stereocenters. The van der Waals surface area contributed by atoms with Gasteiger partial charge < -0.3 is 20.1 Å². The Labute approximate surface area is 261 Å². The van der Waals surface area contributed by atoms with Crippen LogP contribution in [0.2, 0.25) is 0 Å². The maximum Gasteiger partial charge on any atom is 0.319 e. The third kappa shape index (κ3) is 4.84. The Kier molecular flexibility index (Phi) is 7.70. The monoisotopic (exact) mass is 612 g/mol. The Hall–Kier alpha value is -4.07. The minimum atomic E-state index is -0.679. The fourth-order valence-electron chi connectivity index (χ4n) is 7.85. The number of aromatic nitrogens is 3. The number of aryl methyl sites for hydroxylation is 1. The third-order valence-corrected chi connectivity index (χ3v) is 9.89. The molecule has 234 valence electrons. The summed E-state index contributed by atoms with van der Waals surface area (Å²) < 4.78 is 38.1. The summed E-state index contributed by atoms with van der Waals surface area (Å²) in [5.74, 6) is 1.68. The summed E-state index contributed by atoms with van der Waals surface area (Å²) >= 11 is 0. The van der Waals surface area contributed by atoms with Gasteiger partial charge in [0, 0.05) is 36.6 Å². The Morgan fingerprint density at radius 2 is 1.89 bits per heavy atom. The number of terminal acetylenes is 1. The molecule has 0 spiro atoms. The highest BCUT2D eigenvalue weighted by Gasteiger charge is 2.45. The van der Waals surface area contributed by atoms with Crippen molar-refractivity contribution in [3.63, 3.8) is 0 Å². The van der Waals surface area contributed by atoms with Gasteiger partial charge >= 0.3 is 6.01 Å². The number of rotatable bonds is 4. The maximum atomic E-state index is 16.9. The summed E-state index contributed by atoms with van der Waals surface area (Å²) in [6.45, 7) is 8.89. The predicted octanol–water partition coefficient (Wildman–Crippen LogP) is 5.57. The number of piperazine rings is 1. The summed E-state index contributed by atoms with van der Waals surface area (Å²) in [6.07, 6.45) is 11.5. The molecule has 4 aromatic rings. The molecule has 0 bridgehead atoms. The second-order valence-corrected chi connectivity index (χ2v) is 12.2. The first-order chi connectivity index (χ1) is 22.0. The number of fused-ring (bicyclic) bond motifs is 4. The molecule has 8 rings (SSSR count). The van der Waals surface area contributed by atoms with Crippen molar-refractivity contribution in [2.45, 2.75) is 64.0 Å². The van der Waals surface area contributed by atoms with E-state index in [1.54, 1.807) is 0 Å². The van der Waals surface area contributed by atoms with E-state index in [1.165, 1.54) is 24.3 Å². The van der Waals surface area contributed by atoms with Gasteiger partial charge in [-0.25, -0.2) is 13.8 Å². The number of nitrogens with zero attached hydrogens (tertiary/aromatic N) is 5. The van der Waals surface area contributed by atoms with Crippen molar-refractivity contribution in [1.29, 1.82) is 0 Å². The van der Waals surface area contributed by atoms with Gasteiger partial charge in [-0.05, 0) is 75.2 Å². The van der Waals surface area contributed by atoms with Crippen LogP contribution in [0.25, 0.3) is 32.9 Å². The molecule has 10 heteroatoms. The maximum absolute atomic E-state index is 16.9. The fraction of sp³-hybridized carbons (Fsp3) is 0.457. The van der Waals surface area contributed by atoms with E-state index in [9.17, 15) is 9.50 Å². The molecule has 0 aliphatic carbocycles. The lowest BCUT2D eigenvalue weighted by atomic mass is 9.95. The van der Waals surface area contributed by atoms with Gasteiger partial charge in [-0.15, -0.1) is 6.42 Å². The lowest BCUT2D eigenvalue weighted by Crippen LogP contribution is -2.51. The third-order valence-electron chi connectivity index (χ3n) is 9.89. The number of aromatic hydroxyl groups is 1. The molecule has 3 saturated heterocycles. The average Bonchev–Trinajstić information content (AvgIpc) is 3.60. The lowest BCUT2D eigenvalue weighted by molar-refractivity contribution is 0.108. The van der Waals surface area contributed by atoms with Crippen LogP contribution in [0.3, 0.4) is 0 Å². The molecular weight excluding hydrogens is 574 g/mol. The quantitative estimate of drug-likeness (QED) is 0.290. The highest BCUT2D eigenvalue weighted by Crippen LogP contribution is 2.43. The van der Waals surface area contributed by atoms with Crippen molar-refractivity contribution < 1.29 is 18.6 Å². The van der Waals surface area contributed by atoms with E-state index in [-0.39, 0.29) is 45.7 Å². The van der Waals surface area contributed by atoms with Crippen LogP contribution in [0, 0.1) is 24.0 Å². The number of phenolic OH excluding ortho intramolecular Hbond substituents is 1. The number of anilines is 1. The van der Waals surface area contributed by atoms with Crippen LogP contribution in [-0.4, -0.2) is 75.9 Å². The molecule has 4 aliphatic rings. The first-order valence-corrected chi connectivity index (χ1v) is 16.1. The minimum absolute atomic E-state index is 0.00722. The van der Waals surface area contributed by atoms with Crippen LogP contribution in [0.5, 0.6) is 11.8 Å². The predicted molar refractivity (Wildman–Crippen MR) is 172 cm³/mol. The molecule has 0 radical (unpaired) electrons. The zero-order valence-corrected chi connectivity index (χ0v) is 25.8. The molecule has 0 amide bonds. The zero-order valence-electron chi connectivity index (χ0n) is 25.8. The summed E-state index contributed by atoms with van der Waals surface area (Å²) in [7, 11) is 0. The summed E-state index contributed by atoms with van der Waals surface area (Å²) in [5, 5.41) is 15.5. The van der Waals surface area contributed by atoms with Crippen LogP contribution >= 0.6 is 0 Å². The van der Waals surface area contributed by atoms with E-state index < -0.39 is 11.6 Å². The number of halogens is 2. The number of pyridine rings is 1. The van der Waals surface area contributed by atoms with Crippen LogP contribution < -0.4 is 15.0 Å². The van der Waals surface area contributed by atoms with Crippen molar-refractivity contribution in [1.82, 2.24) is 25.2 Å². The van der Waals surface area contributed by atoms with Gasteiger partial charge in [0.2, 0.25) is 0 Å². The Morgan fingerprint density at radius 1 is 1.09 bits per heavy atom. The van der Waals surface area contributed by atoms with E-state index in [1.807, 2.05) is 13.8 Å². The molecule has 3 fully saturated rings. The van der Waals surface area contributed by atoms with Gasteiger partial charge in [0.05, 0.1) is 22.2 Å². The molecule has 2 N–H and O–H groups in total. The molecule has 45 heavy (non-hydrogen) atoms. The van der Waals surface area contributed by atoms with Gasteiger partial charge in [0.1, 0.15) is 35.2 Å². The molecule has 0 saturated carbocycles. The Balaban J connectivity index is 0.00000160. The normalized spacial score (nSPS) is 20.2. The molecule has 2 aromatic heterocycles. The highest BCUT2D eigenvalue weighted by atomic mass is 19.1. The van der Waals surface area contributed by atoms with Gasteiger partial charge in [0.15, 0.2) is 5.82 Å². The SMILES string of the molecule is C#Cc1c(F)ccc2cc(O)cc(-c3nc4c5c(nc(OCC67CCCN6CCC7)nc5c3F)N3CCNC[C@H]3CC4)c12.CC. The molecule has 1 atom stereocenters. The van der Waals surface area contributed by atoms with Crippen LogP contribution in [-0.2, 0) is 6.42 Å². The van der Waals surface area contributed by atoms with E-state index in [4.69, 9.17) is 26.1 Å². The first kappa shape index (κ1) is 29.6. The largest absolute Gasteiger partial charge is 0.508 e. The number of phenols is 1. The van der Waals surface area contributed by atoms with E-state index in [0.717, 1.165) is 64.8 Å². The standard InChI is InChI=1S/C33H32F2N6O2.C2H6/c1-2-22-24(34)7-5-19-15-21(42)16-23(26(19)22)29-28(35)30-27-25(37-29)8-6-20-17-36-11-14-41(20)31(27)39-32(38-30)43-18-33-9-3-12-40(33)13-4-10-33;1-2/h1,5,7,15-16,20,36,42H,3-4,6,8-14,17-18H2;1-2H3/t20-;/m1./s1. The van der Waals surface area contributed by atoms with Crippen molar-refractivity contribution in [3.8, 4) is 35.4 Å². The number of benzene rings is 2. The van der Waals surface area contributed by atoms with E-state index in [0.29, 0.717) is 40.7 Å². The molecular formula is C35H38F2N6O2. The van der Waals surface area contributed by atoms with Gasteiger partial charge in [-0.2, -0.15) is 9.97 Å². The van der Waals surface area contributed by atoms with Gasteiger partial charge in [-0.3, -0.25) is 4.90 Å². The van der Waals surface area contributed by atoms with E-state index >= 15 is 4.39 Å². The average molecular weight is 613 g/mol. The lowest BCUT2D eigenvalue weighted by Gasteiger charge is -2.36. The second-order valence-electron chi connectivity index (χ2n) is 12.2. The Bertz CT molecular complexity index is 1830. The topological polar surface area (TPSA) is 86.6 Å². The first-order valence-electron chi connectivity index (χ1n) is 16.1. The molecule has 8 nitrogen and oxygen atoms in total. The minimum Gasteiger partial charge on any atom is -0.508 e. The van der Waals surface area contributed by atoms with E-state index in [2.05, 4.69) is 21.0 Å². The Morgan fingerprint density at radius 3 is 2.67 bits per heavy atom. The second kappa shape index (κ2) is 11.7. The number of hydrogen-bond donors (Lipinski definition) is 2. The number of hydrogen-bond acceptors (Lipinski definition) is 8. The number of nitrogens with one attached hydrogen (secondary N) is 1. The van der Waals surface area contributed by atoms with Crippen LogP contribution in [0.15, 0.2) is 24.3 Å². The molecule has 4 aliphatic heterocycles. The highest BCUT2D eigenvalue weighted by molar-refractivity contribution is 6.03.